The smallest absolute Gasteiger partial charge is 0.224 e. The molecule has 0 saturated heterocycles. The first-order valence-corrected chi connectivity index (χ1v) is 7.16. The van der Waals surface area contributed by atoms with E-state index in [-0.39, 0.29) is 11.9 Å². The molecule has 0 aliphatic heterocycles. The number of benzene rings is 2. The molecule has 2 rings (SSSR count). The predicted octanol–water partition coefficient (Wildman–Crippen LogP) is 2.63. The van der Waals surface area contributed by atoms with Gasteiger partial charge in [-0.3, -0.25) is 4.79 Å². The summed E-state index contributed by atoms with van der Waals surface area (Å²) in [6.07, 6.45) is 2.30. The van der Waals surface area contributed by atoms with Gasteiger partial charge in [-0.05, 0) is 42.6 Å². The van der Waals surface area contributed by atoms with E-state index in [1.54, 1.807) is 0 Å². The monoisotopic (exact) mass is 270 g/mol. The number of hydrogen-bond acceptors (Lipinski definition) is 2. The van der Waals surface area contributed by atoms with E-state index >= 15 is 0 Å². The van der Waals surface area contributed by atoms with Gasteiger partial charge in [-0.2, -0.15) is 0 Å². The largest absolute Gasteiger partial charge is 0.353 e. The van der Waals surface area contributed by atoms with Gasteiger partial charge in [0.2, 0.25) is 5.91 Å². The number of nitrogens with one attached hydrogen (secondary N) is 1. The molecule has 0 aliphatic carbocycles. The van der Waals surface area contributed by atoms with Gasteiger partial charge in [0.25, 0.3) is 0 Å². The van der Waals surface area contributed by atoms with E-state index < -0.39 is 0 Å². The third-order valence-electron chi connectivity index (χ3n) is 3.43. The molecule has 0 saturated carbocycles. The summed E-state index contributed by atoms with van der Waals surface area (Å²) in [5.41, 5.74) is 6.52. The summed E-state index contributed by atoms with van der Waals surface area (Å²) in [6.45, 7) is 2.69. The van der Waals surface area contributed by atoms with E-state index in [2.05, 4.69) is 29.6 Å². The van der Waals surface area contributed by atoms with Crippen LogP contribution >= 0.6 is 0 Å². The van der Waals surface area contributed by atoms with E-state index in [1.807, 2.05) is 25.1 Å². The summed E-state index contributed by atoms with van der Waals surface area (Å²) in [7, 11) is 0. The Balaban J connectivity index is 1.95. The minimum absolute atomic E-state index is 0.0739. The molecule has 1 atom stereocenters. The van der Waals surface area contributed by atoms with Gasteiger partial charge in [-0.25, -0.2) is 0 Å². The molecule has 0 fully saturated rings. The molecule has 0 spiro atoms. The standard InChI is InChI=1S/C17H22N2O/c1-13(5-4-10-18)19-17(20)12-14-8-9-15-6-2-3-7-16(15)11-14/h2-3,6-9,11,13H,4-5,10,12,18H2,1H3,(H,19,20). The van der Waals surface area contributed by atoms with Gasteiger partial charge < -0.3 is 11.1 Å². The maximum atomic E-state index is 12.0. The van der Waals surface area contributed by atoms with Crippen LogP contribution < -0.4 is 11.1 Å². The molecule has 0 aliphatic rings. The fraction of sp³-hybridized carbons (Fsp3) is 0.353. The highest BCUT2D eigenvalue weighted by molar-refractivity contribution is 5.85. The molecular weight excluding hydrogens is 248 g/mol. The number of amides is 1. The molecule has 2 aromatic carbocycles. The summed E-state index contributed by atoms with van der Waals surface area (Å²) < 4.78 is 0. The van der Waals surface area contributed by atoms with E-state index in [1.165, 1.54) is 10.8 Å². The molecule has 3 heteroatoms. The minimum atomic E-state index is 0.0739. The lowest BCUT2D eigenvalue weighted by molar-refractivity contribution is -0.121. The molecule has 0 heterocycles. The number of carbonyl (C=O) groups excluding carboxylic acids is 1. The van der Waals surface area contributed by atoms with Crippen LogP contribution in [0.2, 0.25) is 0 Å². The van der Waals surface area contributed by atoms with Crippen LogP contribution in [0, 0.1) is 0 Å². The van der Waals surface area contributed by atoms with Crippen molar-refractivity contribution in [1.82, 2.24) is 5.32 Å². The predicted molar refractivity (Wildman–Crippen MR) is 83.5 cm³/mol. The molecule has 1 unspecified atom stereocenters. The van der Waals surface area contributed by atoms with Crippen molar-refractivity contribution < 1.29 is 4.79 Å². The lowest BCUT2D eigenvalue weighted by Crippen LogP contribution is -2.34. The van der Waals surface area contributed by atoms with Crippen molar-refractivity contribution in [3.8, 4) is 0 Å². The fourth-order valence-electron chi connectivity index (χ4n) is 2.36. The van der Waals surface area contributed by atoms with Crippen LogP contribution in [0.15, 0.2) is 42.5 Å². The van der Waals surface area contributed by atoms with Crippen molar-refractivity contribution in [1.29, 1.82) is 0 Å². The summed E-state index contributed by atoms with van der Waals surface area (Å²) in [4.78, 5) is 12.0. The molecular formula is C17H22N2O. The Morgan fingerprint density at radius 3 is 2.70 bits per heavy atom. The molecule has 0 radical (unpaired) electrons. The Morgan fingerprint density at radius 1 is 1.20 bits per heavy atom. The average molecular weight is 270 g/mol. The second-order valence-electron chi connectivity index (χ2n) is 5.26. The molecule has 3 nitrogen and oxygen atoms in total. The Labute approximate surface area is 120 Å². The molecule has 106 valence electrons. The quantitative estimate of drug-likeness (QED) is 0.847. The van der Waals surface area contributed by atoms with Gasteiger partial charge in [0.05, 0.1) is 6.42 Å². The number of hydrogen-bond donors (Lipinski definition) is 2. The van der Waals surface area contributed by atoms with Crippen LogP contribution in [0.5, 0.6) is 0 Å². The zero-order valence-corrected chi connectivity index (χ0v) is 11.9. The highest BCUT2D eigenvalue weighted by Crippen LogP contribution is 2.16. The van der Waals surface area contributed by atoms with Gasteiger partial charge in [-0.1, -0.05) is 42.5 Å². The Bertz CT molecular complexity index is 580. The number of nitrogens with two attached hydrogens (primary N) is 1. The average Bonchev–Trinajstić information content (AvgIpc) is 2.44. The Kier molecular flexibility index (Phi) is 5.13. The van der Waals surface area contributed by atoms with Crippen molar-refractivity contribution >= 4 is 16.7 Å². The van der Waals surface area contributed by atoms with Crippen molar-refractivity contribution in [2.45, 2.75) is 32.2 Å². The van der Waals surface area contributed by atoms with Crippen molar-refractivity contribution in [2.75, 3.05) is 6.54 Å². The molecule has 1 amide bonds. The zero-order chi connectivity index (χ0) is 14.4. The number of rotatable bonds is 6. The van der Waals surface area contributed by atoms with Gasteiger partial charge in [0, 0.05) is 6.04 Å². The maximum absolute atomic E-state index is 12.0. The Hall–Kier alpha value is -1.87. The third-order valence-corrected chi connectivity index (χ3v) is 3.43. The van der Waals surface area contributed by atoms with E-state index in [4.69, 9.17) is 5.73 Å². The first kappa shape index (κ1) is 14.5. The third kappa shape index (κ3) is 4.07. The van der Waals surface area contributed by atoms with Gasteiger partial charge in [-0.15, -0.1) is 0 Å². The van der Waals surface area contributed by atoms with Crippen LogP contribution in [0.25, 0.3) is 10.8 Å². The molecule has 0 aromatic heterocycles. The summed E-state index contributed by atoms with van der Waals surface area (Å²) in [6, 6.07) is 14.5. The second-order valence-corrected chi connectivity index (χ2v) is 5.26. The highest BCUT2D eigenvalue weighted by atomic mass is 16.1. The summed E-state index contributed by atoms with van der Waals surface area (Å²) >= 11 is 0. The topological polar surface area (TPSA) is 55.1 Å². The van der Waals surface area contributed by atoms with Gasteiger partial charge >= 0.3 is 0 Å². The van der Waals surface area contributed by atoms with Gasteiger partial charge in [0.15, 0.2) is 0 Å². The first-order chi connectivity index (χ1) is 9.69. The van der Waals surface area contributed by atoms with E-state index in [0.717, 1.165) is 18.4 Å². The van der Waals surface area contributed by atoms with Crippen LogP contribution in [-0.4, -0.2) is 18.5 Å². The van der Waals surface area contributed by atoms with E-state index in [9.17, 15) is 4.79 Å². The molecule has 2 aromatic rings. The van der Waals surface area contributed by atoms with Crippen molar-refractivity contribution in [3.63, 3.8) is 0 Å². The summed E-state index contributed by atoms with van der Waals surface area (Å²) in [5.74, 6) is 0.0739. The number of fused-ring (bicyclic) bond motifs is 1. The normalized spacial score (nSPS) is 12.3. The van der Waals surface area contributed by atoms with Crippen molar-refractivity contribution in [2.24, 2.45) is 5.73 Å². The number of carbonyl (C=O) groups is 1. The molecule has 20 heavy (non-hydrogen) atoms. The lowest BCUT2D eigenvalue weighted by atomic mass is 10.0. The van der Waals surface area contributed by atoms with Crippen LogP contribution in [0.4, 0.5) is 0 Å². The second kappa shape index (κ2) is 7.06. The van der Waals surface area contributed by atoms with E-state index in [0.29, 0.717) is 13.0 Å². The van der Waals surface area contributed by atoms with Crippen LogP contribution in [0.3, 0.4) is 0 Å². The molecule has 0 bridgehead atoms. The lowest BCUT2D eigenvalue weighted by Gasteiger charge is -2.13. The maximum Gasteiger partial charge on any atom is 0.224 e. The SMILES string of the molecule is CC(CCCN)NC(=O)Cc1ccc2ccccc2c1. The fourth-order valence-corrected chi connectivity index (χ4v) is 2.36. The minimum Gasteiger partial charge on any atom is -0.353 e. The highest BCUT2D eigenvalue weighted by Gasteiger charge is 2.08. The molecule has 3 N–H and O–H groups in total. The zero-order valence-electron chi connectivity index (χ0n) is 11.9. The Morgan fingerprint density at radius 2 is 1.95 bits per heavy atom. The van der Waals surface area contributed by atoms with Gasteiger partial charge in [0.1, 0.15) is 0 Å². The summed E-state index contributed by atoms with van der Waals surface area (Å²) in [5, 5.41) is 5.39. The van der Waals surface area contributed by atoms with Crippen LogP contribution in [-0.2, 0) is 11.2 Å². The van der Waals surface area contributed by atoms with Crippen LogP contribution in [0.1, 0.15) is 25.3 Å². The van der Waals surface area contributed by atoms with Crippen molar-refractivity contribution in [3.05, 3.63) is 48.0 Å². The first-order valence-electron chi connectivity index (χ1n) is 7.16.